The summed E-state index contributed by atoms with van der Waals surface area (Å²) in [5, 5.41) is 0. The lowest BCUT2D eigenvalue weighted by atomic mass is 9.99. The van der Waals surface area contributed by atoms with Crippen molar-refractivity contribution in [3.63, 3.8) is 0 Å². The Balaban J connectivity index is 0.000000245. The van der Waals surface area contributed by atoms with Gasteiger partial charge in [0, 0.05) is 0 Å². The summed E-state index contributed by atoms with van der Waals surface area (Å²) in [5.74, 6) is 1.75. The van der Waals surface area contributed by atoms with Crippen LogP contribution < -0.4 is 4.74 Å². The van der Waals surface area contributed by atoms with E-state index in [1.54, 1.807) is 0 Å². The van der Waals surface area contributed by atoms with E-state index in [0.717, 1.165) is 18.8 Å². The van der Waals surface area contributed by atoms with Crippen molar-refractivity contribution >= 4 is 0 Å². The standard InChI is InChI=1S/C10H12O.C4H10/c1-8-6-9-4-2-3-5-10(9)11-7-8;1-3-4-2/h2-5,8H,6-7H2,1H3;3-4H2,1-2H3. The zero-order valence-electron chi connectivity index (χ0n) is 10.1. The van der Waals surface area contributed by atoms with Crippen LogP contribution in [0.5, 0.6) is 5.75 Å². The van der Waals surface area contributed by atoms with Crippen molar-refractivity contribution in [2.24, 2.45) is 5.92 Å². The van der Waals surface area contributed by atoms with E-state index in [-0.39, 0.29) is 0 Å². The summed E-state index contributed by atoms with van der Waals surface area (Å²) in [6.07, 6.45) is 3.80. The van der Waals surface area contributed by atoms with Crippen LogP contribution in [0.25, 0.3) is 0 Å². The van der Waals surface area contributed by atoms with Crippen molar-refractivity contribution in [1.82, 2.24) is 0 Å². The van der Waals surface area contributed by atoms with E-state index in [2.05, 4.69) is 32.9 Å². The van der Waals surface area contributed by atoms with Gasteiger partial charge < -0.3 is 4.74 Å². The predicted octanol–water partition coefficient (Wildman–Crippen LogP) is 4.06. The maximum atomic E-state index is 5.54. The molecule has 2 rings (SSSR count). The molecule has 0 amide bonds. The Kier molecular flexibility index (Phi) is 5.23. The number of unbranched alkanes of at least 4 members (excludes halogenated alkanes) is 1. The van der Waals surface area contributed by atoms with Crippen LogP contribution in [-0.2, 0) is 6.42 Å². The quantitative estimate of drug-likeness (QED) is 0.673. The Morgan fingerprint density at radius 1 is 1.20 bits per heavy atom. The number of para-hydroxylation sites is 1. The van der Waals surface area contributed by atoms with Crippen molar-refractivity contribution in [2.75, 3.05) is 6.61 Å². The van der Waals surface area contributed by atoms with Gasteiger partial charge in [-0.15, -0.1) is 0 Å². The number of hydrogen-bond acceptors (Lipinski definition) is 1. The summed E-state index contributed by atoms with van der Waals surface area (Å²) in [4.78, 5) is 0. The Hall–Kier alpha value is -0.980. The predicted molar refractivity (Wildman–Crippen MR) is 65.4 cm³/mol. The maximum Gasteiger partial charge on any atom is 0.122 e. The molecule has 84 valence electrons. The molecule has 1 aliphatic heterocycles. The highest BCUT2D eigenvalue weighted by molar-refractivity contribution is 5.34. The van der Waals surface area contributed by atoms with Crippen molar-refractivity contribution in [3.8, 4) is 5.75 Å². The molecule has 0 bridgehead atoms. The Bertz CT molecular complexity index is 278. The van der Waals surface area contributed by atoms with Gasteiger partial charge in [0.2, 0.25) is 0 Å². The van der Waals surface area contributed by atoms with E-state index >= 15 is 0 Å². The van der Waals surface area contributed by atoms with E-state index in [1.807, 2.05) is 12.1 Å². The highest BCUT2D eigenvalue weighted by Crippen LogP contribution is 2.25. The number of fused-ring (bicyclic) bond motifs is 1. The van der Waals surface area contributed by atoms with Crippen LogP contribution in [0.3, 0.4) is 0 Å². The lowest BCUT2D eigenvalue weighted by molar-refractivity contribution is 0.234. The molecule has 0 N–H and O–H groups in total. The number of rotatable bonds is 1. The van der Waals surface area contributed by atoms with Crippen LogP contribution in [0, 0.1) is 5.92 Å². The third-order valence-electron chi connectivity index (χ3n) is 2.56. The van der Waals surface area contributed by atoms with Gasteiger partial charge in [0.15, 0.2) is 0 Å². The minimum absolute atomic E-state index is 0.671. The van der Waals surface area contributed by atoms with Crippen LogP contribution in [0.2, 0.25) is 0 Å². The lowest BCUT2D eigenvalue weighted by Crippen LogP contribution is -2.17. The minimum Gasteiger partial charge on any atom is -0.493 e. The van der Waals surface area contributed by atoms with Gasteiger partial charge in [-0.05, 0) is 24.0 Å². The molecule has 0 radical (unpaired) electrons. The maximum absolute atomic E-state index is 5.54. The highest BCUT2D eigenvalue weighted by atomic mass is 16.5. The molecule has 0 fully saturated rings. The van der Waals surface area contributed by atoms with Crippen LogP contribution in [0.1, 0.15) is 39.2 Å². The summed E-state index contributed by atoms with van der Waals surface area (Å²) in [6, 6.07) is 8.28. The van der Waals surface area contributed by atoms with E-state index in [9.17, 15) is 0 Å². The molecular weight excluding hydrogens is 184 g/mol. The average Bonchev–Trinajstić information content (AvgIpc) is 2.29. The van der Waals surface area contributed by atoms with Gasteiger partial charge in [-0.1, -0.05) is 51.8 Å². The van der Waals surface area contributed by atoms with Gasteiger partial charge in [0.05, 0.1) is 6.61 Å². The average molecular weight is 206 g/mol. The summed E-state index contributed by atoms with van der Waals surface area (Å²) < 4.78 is 5.54. The van der Waals surface area contributed by atoms with Crippen LogP contribution in [0.15, 0.2) is 24.3 Å². The van der Waals surface area contributed by atoms with Crippen LogP contribution >= 0.6 is 0 Å². The molecule has 1 heteroatoms. The highest BCUT2D eigenvalue weighted by Gasteiger charge is 2.14. The summed E-state index contributed by atoms with van der Waals surface area (Å²) in [7, 11) is 0. The molecule has 1 aromatic rings. The van der Waals surface area contributed by atoms with Gasteiger partial charge in [-0.3, -0.25) is 0 Å². The second-order valence-corrected chi connectivity index (χ2v) is 4.23. The SMILES string of the molecule is CC1COc2ccccc2C1.CCCC. The monoisotopic (exact) mass is 206 g/mol. The Labute approximate surface area is 93.5 Å². The first kappa shape index (κ1) is 12.1. The zero-order valence-corrected chi connectivity index (χ0v) is 10.1. The fourth-order valence-corrected chi connectivity index (χ4v) is 1.48. The summed E-state index contributed by atoms with van der Waals surface area (Å²) in [6.45, 7) is 7.45. The first-order valence-corrected chi connectivity index (χ1v) is 5.98. The van der Waals surface area contributed by atoms with Crippen LogP contribution in [-0.4, -0.2) is 6.61 Å². The van der Waals surface area contributed by atoms with Crippen molar-refractivity contribution in [3.05, 3.63) is 29.8 Å². The molecule has 1 aromatic carbocycles. The van der Waals surface area contributed by atoms with Crippen molar-refractivity contribution in [2.45, 2.75) is 40.0 Å². The molecule has 1 unspecified atom stereocenters. The number of hydrogen-bond donors (Lipinski definition) is 0. The van der Waals surface area contributed by atoms with Crippen molar-refractivity contribution < 1.29 is 4.74 Å². The molecule has 1 heterocycles. The largest absolute Gasteiger partial charge is 0.493 e. The topological polar surface area (TPSA) is 9.23 Å². The molecule has 0 saturated carbocycles. The second kappa shape index (κ2) is 6.49. The van der Waals surface area contributed by atoms with Gasteiger partial charge in [0.25, 0.3) is 0 Å². The second-order valence-electron chi connectivity index (χ2n) is 4.23. The van der Waals surface area contributed by atoms with E-state index in [4.69, 9.17) is 4.74 Å². The van der Waals surface area contributed by atoms with Gasteiger partial charge in [0.1, 0.15) is 5.75 Å². The third kappa shape index (κ3) is 3.94. The molecule has 15 heavy (non-hydrogen) atoms. The molecule has 0 saturated heterocycles. The number of ether oxygens (including phenoxy) is 1. The molecular formula is C14H22O. The fourth-order valence-electron chi connectivity index (χ4n) is 1.48. The molecule has 1 nitrogen and oxygen atoms in total. The number of benzene rings is 1. The zero-order chi connectivity index (χ0) is 11.1. The molecule has 1 aliphatic rings. The van der Waals surface area contributed by atoms with E-state index in [1.165, 1.54) is 18.4 Å². The third-order valence-corrected chi connectivity index (χ3v) is 2.56. The summed E-state index contributed by atoms with van der Waals surface area (Å²) >= 11 is 0. The van der Waals surface area contributed by atoms with Gasteiger partial charge in [-0.2, -0.15) is 0 Å². The normalized spacial score (nSPS) is 18.2. The lowest BCUT2D eigenvalue weighted by Gasteiger charge is -2.21. The van der Waals surface area contributed by atoms with Crippen LogP contribution in [0.4, 0.5) is 0 Å². The first-order chi connectivity index (χ1) is 7.27. The Morgan fingerprint density at radius 2 is 1.87 bits per heavy atom. The van der Waals surface area contributed by atoms with Gasteiger partial charge in [-0.25, -0.2) is 0 Å². The van der Waals surface area contributed by atoms with Gasteiger partial charge >= 0.3 is 0 Å². The summed E-state index contributed by atoms with van der Waals surface area (Å²) in [5.41, 5.74) is 1.35. The molecule has 1 atom stereocenters. The molecule has 0 aromatic heterocycles. The first-order valence-electron chi connectivity index (χ1n) is 5.98. The smallest absolute Gasteiger partial charge is 0.122 e. The van der Waals surface area contributed by atoms with E-state index < -0.39 is 0 Å². The molecule has 0 spiro atoms. The Morgan fingerprint density at radius 3 is 2.53 bits per heavy atom. The van der Waals surface area contributed by atoms with E-state index in [0.29, 0.717) is 5.92 Å². The fraction of sp³-hybridized carbons (Fsp3) is 0.571. The minimum atomic E-state index is 0.671. The molecule has 0 aliphatic carbocycles. The van der Waals surface area contributed by atoms with Crippen molar-refractivity contribution in [1.29, 1.82) is 0 Å².